The fourth-order valence-electron chi connectivity index (χ4n) is 2.51. The lowest BCUT2D eigenvalue weighted by Gasteiger charge is -2.17. The molecule has 1 aromatic carbocycles. The highest BCUT2D eigenvalue weighted by atomic mass is 32.2. The van der Waals surface area contributed by atoms with Crippen molar-refractivity contribution < 1.29 is 8.42 Å². The van der Waals surface area contributed by atoms with Crippen LogP contribution in [0.2, 0.25) is 0 Å². The van der Waals surface area contributed by atoms with Crippen LogP contribution in [0.4, 0.5) is 0 Å². The SMILES string of the molecule is CCn1c(CNC(C)C(C)C)nc2cc(S(=O)(=O)N(C)C)ccc21. The number of rotatable bonds is 7. The topological polar surface area (TPSA) is 67.2 Å². The van der Waals surface area contributed by atoms with Crippen LogP contribution in [0.1, 0.15) is 33.5 Å². The average molecular weight is 353 g/mol. The molecule has 1 unspecified atom stereocenters. The summed E-state index contributed by atoms with van der Waals surface area (Å²) in [7, 11) is -0.378. The first kappa shape index (κ1) is 18.9. The molecular weight excluding hydrogens is 324 g/mol. The predicted molar refractivity (Wildman–Crippen MR) is 97.4 cm³/mol. The molecule has 134 valence electrons. The van der Waals surface area contributed by atoms with Gasteiger partial charge in [0, 0.05) is 26.7 Å². The number of hydrogen-bond acceptors (Lipinski definition) is 4. The third-order valence-electron chi connectivity index (χ3n) is 4.48. The molecule has 24 heavy (non-hydrogen) atoms. The molecule has 1 heterocycles. The van der Waals surface area contributed by atoms with E-state index >= 15 is 0 Å². The summed E-state index contributed by atoms with van der Waals surface area (Å²) in [5, 5.41) is 3.49. The Kier molecular flexibility index (Phi) is 5.67. The van der Waals surface area contributed by atoms with Gasteiger partial charge in [-0.25, -0.2) is 17.7 Å². The van der Waals surface area contributed by atoms with Gasteiger partial charge in [0.05, 0.1) is 22.5 Å². The second-order valence-corrected chi connectivity index (χ2v) is 8.78. The lowest BCUT2D eigenvalue weighted by Crippen LogP contribution is -2.31. The molecule has 0 bridgehead atoms. The Labute approximate surface area is 144 Å². The summed E-state index contributed by atoms with van der Waals surface area (Å²) in [6.07, 6.45) is 0. The number of nitrogens with one attached hydrogen (secondary N) is 1. The van der Waals surface area contributed by atoms with Gasteiger partial charge in [-0.15, -0.1) is 0 Å². The van der Waals surface area contributed by atoms with Crippen LogP contribution in [-0.4, -0.2) is 42.4 Å². The van der Waals surface area contributed by atoms with Gasteiger partial charge in [0.2, 0.25) is 10.0 Å². The van der Waals surface area contributed by atoms with Gasteiger partial charge in [0.15, 0.2) is 0 Å². The van der Waals surface area contributed by atoms with Crippen molar-refractivity contribution >= 4 is 21.1 Å². The summed E-state index contributed by atoms with van der Waals surface area (Å²) in [5.74, 6) is 1.47. The highest BCUT2D eigenvalue weighted by Gasteiger charge is 2.19. The van der Waals surface area contributed by atoms with Gasteiger partial charge in [0.25, 0.3) is 0 Å². The van der Waals surface area contributed by atoms with Crippen LogP contribution in [-0.2, 0) is 23.1 Å². The maximum absolute atomic E-state index is 12.3. The minimum absolute atomic E-state index is 0.274. The lowest BCUT2D eigenvalue weighted by atomic mass is 10.1. The van der Waals surface area contributed by atoms with Crippen LogP contribution in [0.5, 0.6) is 0 Å². The van der Waals surface area contributed by atoms with Crippen LogP contribution >= 0.6 is 0 Å². The molecule has 0 saturated carbocycles. The molecule has 0 fully saturated rings. The summed E-state index contributed by atoms with van der Waals surface area (Å²) in [4.78, 5) is 4.94. The Morgan fingerprint density at radius 1 is 1.25 bits per heavy atom. The molecule has 0 aliphatic rings. The van der Waals surface area contributed by atoms with Crippen LogP contribution in [0, 0.1) is 5.92 Å². The smallest absolute Gasteiger partial charge is 0.242 e. The fraction of sp³-hybridized carbons (Fsp3) is 0.588. The molecule has 0 saturated heterocycles. The van der Waals surface area contributed by atoms with Gasteiger partial charge in [-0.3, -0.25) is 0 Å². The molecule has 0 radical (unpaired) electrons. The molecule has 7 heteroatoms. The quantitative estimate of drug-likeness (QED) is 0.831. The number of imidazole rings is 1. The van der Waals surface area contributed by atoms with E-state index < -0.39 is 10.0 Å². The molecule has 1 atom stereocenters. The van der Waals surface area contributed by atoms with E-state index in [0.29, 0.717) is 24.0 Å². The number of fused-ring (bicyclic) bond motifs is 1. The van der Waals surface area contributed by atoms with E-state index in [0.717, 1.165) is 17.9 Å². The van der Waals surface area contributed by atoms with E-state index in [1.807, 2.05) is 6.07 Å². The van der Waals surface area contributed by atoms with Crippen molar-refractivity contribution in [2.75, 3.05) is 14.1 Å². The number of hydrogen-bond donors (Lipinski definition) is 1. The van der Waals surface area contributed by atoms with Crippen molar-refractivity contribution in [2.24, 2.45) is 5.92 Å². The summed E-state index contributed by atoms with van der Waals surface area (Å²) < 4.78 is 28.0. The van der Waals surface area contributed by atoms with E-state index in [-0.39, 0.29) is 4.90 Å². The van der Waals surface area contributed by atoms with Crippen molar-refractivity contribution in [3.05, 3.63) is 24.0 Å². The van der Waals surface area contributed by atoms with E-state index in [1.54, 1.807) is 12.1 Å². The van der Waals surface area contributed by atoms with E-state index in [1.165, 1.54) is 18.4 Å². The Morgan fingerprint density at radius 3 is 2.46 bits per heavy atom. The Morgan fingerprint density at radius 2 is 1.92 bits per heavy atom. The van der Waals surface area contributed by atoms with E-state index in [9.17, 15) is 8.42 Å². The van der Waals surface area contributed by atoms with Crippen molar-refractivity contribution in [1.29, 1.82) is 0 Å². The van der Waals surface area contributed by atoms with Gasteiger partial charge in [-0.2, -0.15) is 0 Å². The largest absolute Gasteiger partial charge is 0.327 e. The summed E-state index contributed by atoms with van der Waals surface area (Å²) in [6, 6.07) is 5.54. The predicted octanol–water partition coefficient (Wildman–Crippen LogP) is 2.44. The summed E-state index contributed by atoms with van der Waals surface area (Å²) in [6.45, 7) is 10.0. The first-order valence-electron chi connectivity index (χ1n) is 8.33. The third-order valence-corrected chi connectivity index (χ3v) is 6.29. The standard InChI is InChI=1S/C17H28N4O2S/c1-7-21-16-9-8-14(24(22,23)20(5)6)10-15(16)19-17(21)11-18-13(4)12(2)3/h8-10,12-13,18H,7,11H2,1-6H3. The average Bonchev–Trinajstić information content (AvgIpc) is 2.88. The first-order valence-corrected chi connectivity index (χ1v) is 9.77. The van der Waals surface area contributed by atoms with Gasteiger partial charge in [-0.05, 0) is 38.0 Å². The monoisotopic (exact) mass is 352 g/mol. The molecule has 6 nitrogen and oxygen atoms in total. The Hall–Kier alpha value is -1.44. The van der Waals surface area contributed by atoms with Gasteiger partial charge >= 0.3 is 0 Å². The van der Waals surface area contributed by atoms with Gasteiger partial charge < -0.3 is 9.88 Å². The normalized spacial score (nSPS) is 14.0. The molecule has 1 aromatic heterocycles. The molecule has 0 aliphatic heterocycles. The number of aromatic nitrogens is 2. The second kappa shape index (κ2) is 7.21. The van der Waals surface area contributed by atoms with Crippen LogP contribution < -0.4 is 5.32 Å². The van der Waals surface area contributed by atoms with Crippen molar-refractivity contribution in [3.63, 3.8) is 0 Å². The molecule has 2 aromatic rings. The lowest BCUT2D eigenvalue weighted by molar-refractivity contribution is 0.417. The van der Waals surface area contributed by atoms with Crippen LogP contribution in [0.15, 0.2) is 23.1 Å². The molecular formula is C17H28N4O2S. The maximum atomic E-state index is 12.3. The summed E-state index contributed by atoms with van der Waals surface area (Å²) >= 11 is 0. The number of nitrogens with zero attached hydrogens (tertiary/aromatic N) is 3. The van der Waals surface area contributed by atoms with Gasteiger partial charge in [0.1, 0.15) is 5.82 Å². The zero-order valence-electron chi connectivity index (χ0n) is 15.4. The van der Waals surface area contributed by atoms with E-state index in [2.05, 4.69) is 42.6 Å². The van der Waals surface area contributed by atoms with Crippen molar-refractivity contribution in [2.45, 2.75) is 51.7 Å². The molecule has 0 aliphatic carbocycles. The minimum Gasteiger partial charge on any atom is -0.327 e. The first-order chi connectivity index (χ1) is 11.2. The maximum Gasteiger partial charge on any atom is 0.242 e. The van der Waals surface area contributed by atoms with Gasteiger partial charge in [-0.1, -0.05) is 13.8 Å². The van der Waals surface area contributed by atoms with E-state index in [4.69, 9.17) is 0 Å². The highest BCUT2D eigenvalue weighted by Crippen LogP contribution is 2.22. The van der Waals surface area contributed by atoms with Crippen molar-refractivity contribution in [1.82, 2.24) is 19.2 Å². The zero-order chi connectivity index (χ0) is 18.1. The number of benzene rings is 1. The molecule has 0 amide bonds. The fourth-order valence-corrected chi connectivity index (χ4v) is 3.43. The van der Waals surface area contributed by atoms with Crippen molar-refractivity contribution in [3.8, 4) is 0 Å². The van der Waals surface area contributed by atoms with Crippen LogP contribution in [0.3, 0.4) is 0 Å². The molecule has 1 N–H and O–H groups in total. The highest BCUT2D eigenvalue weighted by molar-refractivity contribution is 7.89. The second-order valence-electron chi connectivity index (χ2n) is 6.62. The third kappa shape index (κ3) is 3.63. The van der Waals surface area contributed by atoms with Crippen LogP contribution in [0.25, 0.3) is 11.0 Å². The zero-order valence-corrected chi connectivity index (χ0v) is 16.2. The number of aryl methyl sites for hydroxylation is 1. The minimum atomic E-state index is -3.45. The molecule has 2 rings (SSSR count). The molecule has 0 spiro atoms. The Balaban J connectivity index is 2.41. The number of sulfonamides is 1. The summed E-state index contributed by atoms with van der Waals surface area (Å²) in [5.41, 5.74) is 1.68. The Bertz CT molecular complexity index is 809.